The highest BCUT2D eigenvalue weighted by Gasteiger charge is 2.18. The van der Waals surface area contributed by atoms with Crippen LogP contribution in [0.2, 0.25) is 0 Å². The van der Waals surface area contributed by atoms with Crippen molar-refractivity contribution in [1.29, 1.82) is 0 Å². The maximum Gasteiger partial charge on any atom is 0.339 e. The number of nitro benzene ring substituents is 1. The van der Waals surface area contributed by atoms with Crippen molar-refractivity contribution in [2.75, 3.05) is 6.61 Å². The Morgan fingerprint density at radius 1 is 1.12 bits per heavy atom. The van der Waals surface area contributed by atoms with Gasteiger partial charge in [0.2, 0.25) is 0 Å². The Kier molecular flexibility index (Phi) is 5.54. The van der Waals surface area contributed by atoms with Gasteiger partial charge in [0.25, 0.3) is 5.69 Å². The zero-order valence-electron chi connectivity index (χ0n) is 12.6. The van der Waals surface area contributed by atoms with E-state index in [0.29, 0.717) is 4.90 Å². The second-order valence-corrected chi connectivity index (χ2v) is 5.73. The van der Waals surface area contributed by atoms with E-state index >= 15 is 0 Å². The summed E-state index contributed by atoms with van der Waals surface area (Å²) >= 11 is 1.25. The van der Waals surface area contributed by atoms with Crippen molar-refractivity contribution in [3.05, 3.63) is 63.7 Å². The monoisotopic (exact) mass is 347 g/mol. The number of benzene rings is 2. The molecule has 0 saturated heterocycles. The number of ether oxygens (including phenoxy) is 1. The molecule has 2 aromatic rings. The van der Waals surface area contributed by atoms with E-state index in [0.717, 1.165) is 4.90 Å². The van der Waals surface area contributed by atoms with Gasteiger partial charge in [-0.15, -0.1) is 0 Å². The summed E-state index contributed by atoms with van der Waals surface area (Å²) < 4.78 is 4.88. The summed E-state index contributed by atoms with van der Waals surface area (Å²) in [4.78, 5) is 34.6. The van der Waals surface area contributed by atoms with Crippen LogP contribution in [0.25, 0.3) is 0 Å². The minimum Gasteiger partial charge on any atom is -0.478 e. The Morgan fingerprint density at radius 2 is 1.75 bits per heavy atom. The Bertz CT molecular complexity index is 788. The van der Waals surface area contributed by atoms with E-state index in [1.807, 2.05) is 0 Å². The lowest BCUT2D eigenvalue weighted by Crippen LogP contribution is -2.11. The average Bonchev–Trinajstić information content (AvgIpc) is 2.55. The average molecular weight is 347 g/mol. The first-order valence-corrected chi connectivity index (χ1v) is 7.70. The molecule has 0 radical (unpaired) electrons. The normalized spacial score (nSPS) is 10.2. The number of nitro groups is 1. The largest absolute Gasteiger partial charge is 0.478 e. The number of hydrogen-bond acceptors (Lipinski definition) is 6. The molecule has 8 heteroatoms. The van der Waals surface area contributed by atoms with Crippen molar-refractivity contribution in [3.63, 3.8) is 0 Å². The van der Waals surface area contributed by atoms with Crippen LogP contribution in [0.3, 0.4) is 0 Å². The fourth-order valence-electron chi connectivity index (χ4n) is 1.92. The van der Waals surface area contributed by atoms with Crippen molar-refractivity contribution in [3.8, 4) is 0 Å². The Morgan fingerprint density at radius 3 is 2.29 bits per heavy atom. The number of rotatable bonds is 6. The minimum absolute atomic E-state index is 0.0206. The van der Waals surface area contributed by atoms with Crippen molar-refractivity contribution >= 4 is 29.4 Å². The lowest BCUT2D eigenvalue weighted by molar-refractivity contribution is -0.384. The van der Waals surface area contributed by atoms with Crippen LogP contribution >= 0.6 is 11.8 Å². The van der Waals surface area contributed by atoms with Crippen LogP contribution in [0, 0.1) is 10.1 Å². The molecule has 0 unspecified atom stereocenters. The van der Waals surface area contributed by atoms with Gasteiger partial charge in [0.05, 0.1) is 22.7 Å². The number of nitrogens with zero attached hydrogens (tertiary/aromatic N) is 1. The quantitative estimate of drug-likeness (QED) is 0.483. The predicted octanol–water partition coefficient (Wildman–Crippen LogP) is 3.62. The third-order valence-electron chi connectivity index (χ3n) is 3.00. The SMILES string of the molecule is CCOC(=O)c1cc(Sc2ccc([N+](=O)[O-])cc2)ccc1C(=O)O. The van der Waals surface area contributed by atoms with Gasteiger partial charge < -0.3 is 9.84 Å². The van der Waals surface area contributed by atoms with Gasteiger partial charge >= 0.3 is 11.9 Å². The fraction of sp³-hybridized carbons (Fsp3) is 0.125. The summed E-state index contributed by atoms with van der Waals surface area (Å²) in [7, 11) is 0. The summed E-state index contributed by atoms with van der Waals surface area (Å²) in [5.74, 6) is -1.93. The standard InChI is InChI=1S/C16H13NO6S/c1-2-23-16(20)14-9-12(7-8-13(14)15(18)19)24-11-5-3-10(4-6-11)17(21)22/h3-9H,2H2,1H3,(H,18,19). The third kappa shape index (κ3) is 4.11. The van der Waals surface area contributed by atoms with E-state index in [1.54, 1.807) is 25.1 Å². The topological polar surface area (TPSA) is 107 Å². The van der Waals surface area contributed by atoms with Crippen molar-refractivity contribution in [1.82, 2.24) is 0 Å². The zero-order chi connectivity index (χ0) is 17.7. The van der Waals surface area contributed by atoms with E-state index in [-0.39, 0.29) is 23.4 Å². The number of non-ortho nitro benzene ring substituents is 1. The second-order valence-electron chi connectivity index (χ2n) is 4.59. The molecule has 0 aliphatic carbocycles. The van der Waals surface area contributed by atoms with Crippen LogP contribution in [0.1, 0.15) is 27.6 Å². The van der Waals surface area contributed by atoms with Crippen molar-refractivity contribution < 1.29 is 24.4 Å². The number of carboxylic acid groups (broad SMARTS) is 1. The third-order valence-corrected chi connectivity index (χ3v) is 4.00. The smallest absolute Gasteiger partial charge is 0.339 e. The van der Waals surface area contributed by atoms with Gasteiger partial charge in [-0.25, -0.2) is 9.59 Å². The first-order valence-electron chi connectivity index (χ1n) is 6.89. The van der Waals surface area contributed by atoms with Gasteiger partial charge in [-0.3, -0.25) is 10.1 Å². The van der Waals surface area contributed by atoms with Gasteiger partial charge in [-0.1, -0.05) is 11.8 Å². The molecule has 2 aromatic carbocycles. The highest BCUT2D eigenvalue weighted by molar-refractivity contribution is 7.99. The first kappa shape index (κ1) is 17.5. The van der Waals surface area contributed by atoms with E-state index in [2.05, 4.69) is 0 Å². The molecule has 0 aliphatic heterocycles. The molecule has 0 atom stereocenters. The fourth-order valence-corrected chi connectivity index (χ4v) is 2.78. The van der Waals surface area contributed by atoms with E-state index in [9.17, 15) is 19.7 Å². The number of carboxylic acids is 1. The van der Waals surface area contributed by atoms with Gasteiger partial charge in [0.15, 0.2) is 0 Å². The number of aromatic carboxylic acids is 1. The number of esters is 1. The summed E-state index contributed by atoms with van der Waals surface area (Å²) in [6.07, 6.45) is 0. The summed E-state index contributed by atoms with van der Waals surface area (Å²) in [5, 5.41) is 19.8. The molecule has 0 bridgehead atoms. The molecule has 124 valence electrons. The van der Waals surface area contributed by atoms with Crippen LogP contribution in [0.5, 0.6) is 0 Å². The summed E-state index contributed by atoms with van der Waals surface area (Å²) in [5.41, 5.74) is -0.189. The Hall–Kier alpha value is -2.87. The molecule has 1 N–H and O–H groups in total. The highest BCUT2D eigenvalue weighted by Crippen LogP contribution is 2.30. The predicted molar refractivity (Wildman–Crippen MR) is 86.6 cm³/mol. The lowest BCUT2D eigenvalue weighted by Gasteiger charge is -2.08. The number of carbonyl (C=O) groups is 2. The maximum atomic E-state index is 11.9. The molecule has 0 heterocycles. The molecule has 0 fully saturated rings. The first-order chi connectivity index (χ1) is 11.4. The molecule has 0 amide bonds. The van der Waals surface area contributed by atoms with E-state index < -0.39 is 16.9 Å². The Balaban J connectivity index is 2.30. The minimum atomic E-state index is -1.22. The lowest BCUT2D eigenvalue weighted by atomic mass is 10.1. The molecule has 0 saturated carbocycles. The van der Waals surface area contributed by atoms with Gasteiger partial charge in [0, 0.05) is 21.9 Å². The van der Waals surface area contributed by atoms with Crippen LogP contribution in [0.15, 0.2) is 52.3 Å². The van der Waals surface area contributed by atoms with Gasteiger partial charge in [-0.05, 0) is 37.3 Å². The van der Waals surface area contributed by atoms with Crippen molar-refractivity contribution in [2.24, 2.45) is 0 Å². The van der Waals surface area contributed by atoms with Crippen molar-refractivity contribution in [2.45, 2.75) is 16.7 Å². The number of carbonyl (C=O) groups excluding carboxylic acids is 1. The molecular formula is C16H13NO6S. The van der Waals surface area contributed by atoms with Gasteiger partial charge in [0.1, 0.15) is 0 Å². The molecule has 0 aromatic heterocycles. The molecule has 0 aliphatic rings. The summed E-state index contributed by atoms with van der Waals surface area (Å²) in [6.45, 7) is 1.77. The van der Waals surface area contributed by atoms with E-state index in [4.69, 9.17) is 9.84 Å². The molecule has 0 spiro atoms. The zero-order valence-corrected chi connectivity index (χ0v) is 13.4. The molecule has 2 rings (SSSR count). The van der Waals surface area contributed by atoms with Crippen LogP contribution in [-0.2, 0) is 4.74 Å². The molecular weight excluding hydrogens is 334 g/mol. The van der Waals surface area contributed by atoms with Crippen LogP contribution < -0.4 is 0 Å². The number of hydrogen-bond donors (Lipinski definition) is 1. The van der Waals surface area contributed by atoms with E-state index in [1.165, 1.54) is 36.0 Å². The highest BCUT2D eigenvalue weighted by atomic mass is 32.2. The maximum absolute atomic E-state index is 11.9. The molecule has 7 nitrogen and oxygen atoms in total. The summed E-state index contributed by atoms with van der Waals surface area (Å²) in [6, 6.07) is 10.3. The molecule has 24 heavy (non-hydrogen) atoms. The second kappa shape index (κ2) is 7.60. The Labute approximate surface area is 141 Å². The van der Waals surface area contributed by atoms with Crippen LogP contribution in [0.4, 0.5) is 5.69 Å². The van der Waals surface area contributed by atoms with Gasteiger partial charge in [-0.2, -0.15) is 0 Å². The van der Waals surface area contributed by atoms with Crippen LogP contribution in [-0.4, -0.2) is 28.6 Å².